The molecule has 0 aliphatic heterocycles. The van der Waals surface area contributed by atoms with Crippen molar-refractivity contribution < 1.29 is 0 Å². The molecular weight excluding hydrogens is 200 g/mol. The Morgan fingerprint density at radius 3 is 3.08 bits per heavy atom. The number of aromatic nitrogens is 1. The Morgan fingerprint density at radius 1 is 1.62 bits per heavy atom. The molecule has 0 spiro atoms. The molecule has 0 atom stereocenters. The molecule has 0 unspecified atom stereocenters. The largest absolute Gasteiger partial charge is 0.311 e. The van der Waals surface area contributed by atoms with Crippen molar-refractivity contribution in [1.29, 1.82) is 0 Å². The van der Waals surface area contributed by atoms with Gasteiger partial charge in [0.15, 0.2) is 0 Å². The SMILES string of the molecule is CCSCCNCc1cnc(C)s1. The molecule has 0 aliphatic rings. The number of hydrogen-bond acceptors (Lipinski definition) is 4. The number of thioether (sulfide) groups is 1. The molecule has 0 saturated heterocycles. The Hall–Kier alpha value is -0.0600. The summed E-state index contributed by atoms with van der Waals surface area (Å²) >= 11 is 3.74. The van der Waals surface area contributed by atoms with Crippen molar-refractivity contribution in [2.45, 2.75) is 20.4 Å². The van der Waals surface area contributed by atoms with Crippen molar-refractivity contribution in [1.82, 2.24) is 10.3 Å². The fraction of sp³-hybridized carbons (Fsp3) is 0.667. The highest BCUT2D eigenvalue weighted by Crippen LogP contribution is 2.10. The van der Waals surface area contributed by atoms with E-state index in [1.54, 1.807) is 11.3 Å². The Balaban J connectivity index is 2.06. The third-order valence-corrected chi connectivity index (χ3v) is 3.41. The van der Waals surface area contributed by atoms with Crippen LogP contribution in [0.15, 0.2) is 6.20 Å². The third-order valence-electron chi connectivity index (χ3n) is 1.60. The van der Waals surface area contributed by atoms with Crippen molar-refractivity contribution in [3.63, 3.8) is 0 Å². The molecule has 1 aromatic heterocycles. The van der Waals surface area contributed by atoms with E-state index in [0.29, 0.717) is 0 Å². The number of aryl methyl sites for hydroxylation is 1. The van der Waals surface area contributed by atoms with Crippen molar-refractivity contribution in [2.75, 3.05) is 18.1 Å². The molecule has 0 aromatic carbocycles. The maximum absolute atomic E-state index is 4.20. The molecule has 1 aromatic rings. The van der Waals surface area contributed by atoms with Gasteiger partial charge in [-0.1, -0.05) is 6.92 Å². The molecule has 1 rings (SSSR count). The van der Waals surface area contributed by atoms with Crippen LogP contribution in [-0.4, -0.2) is 23.0 Å². The topological polar surface area (TPSA) is 24.9 Å². The molecule has 4 heteroatoms. The molecule has 0 saturated carbocycles. The van der Waals surface area contributed by atoms with Gasteiger partial charge in [-0.25, -0.2) is 4.98 Å². The van der Waals surface area contributed by atoms with Gasteiger partial charge in [0.1, 0.15) is 0 Å². The second-order valence-electron chi connectivity index (χ2n) is 2.72. The van der Waals surface area contributed by atoms with E-state index in [9.17, 15) is 0 Å². The maximum Gasteiger partial charge on any atom is 0.0897 e. The van der Waals surface area contributed by atoms with Crippen molar-refractivity contribution >= 4 is 23.1 Å². The summed E-state index contributed by atoms with van der Waals surface area (Å²) in [5.74, 6) is 2.41. The van der Waals surface area contributed by atoms with Crippen LogP contribution in [0.4, 0.5) is 0 Å². The summed E-state index contributed by atoms with van der Waals surface area (Å²) in [7, 11) is 0. The molecule has 0 bridgehead atoms. The van der Waals surface area contributed by atoms with E-state index < -0.39 is 0 Å². The Kier molecular flexibility index (Phi) is 5.43. The predicted molar refractivity (Wildman–Crippen MR) is 61.6 cm³/mol. The number of hydrogen-bond donors (Lipinski definition) is 1. The third kappa shape index (κ3) is 4.64. The fourth-order valence-electron chi connectivity index (χ4n) is 0.987. The van der Waals surface area contributed by atoms with E-state index in [0.717, 1.165) is 18.1 Å². The van der Waals surface area contributed by atoms with Crippen molar-refractivity contribution in [3.05, 3.63) is 16.1 Å². The summed E-state index contributed by atoms with van der Waals surface area (Å²) in [6, 6.07) is 0. The van der Waals surface area contributed by atoms with Gasteiger partial charge in [0, 0.05) is 29.9 Å². The van der Waals surface area contributed by atoms with E-state index >= 15 is 0 Å². The van der Waals surface area contributed by atoms with E-state index in [4.69, 9.17) is 0 Å². The summed E-state index contributed by atoms with van der Waals surface area (Å²) < 4.78 is 0. The molecule has 0 aliphatic carbocycles. The summed E-state index contributed by atoms with van der Waals surface area (Å²) in [6.45, 7) is 6.30. The highest BCUT2D eigenvalue weighted by Gasteiger charge is 1.96. The average Bonchev–Trinajstić information content (AvgIpc) is 2.51. The number of thiazole rings is 1. The monoisotopic (exact) mass is 216 g/mol. The van der Waals surface area contributed by atoms with E-state index in [1.807, 2.05) is 24.9 Å². The summed E-state index contributed by atoms with van der Waals surface area (Å²) in [4.78, 5) is 5.54. The lowest BCUT2D eigenvalue weighted by atomic mass is 10.5. The van der Waals surface area contributed by atoms with Gasteiger partial charge in [-0.2, -0.15) is 11.8 Å². The van der Waals surface area contributed by atoms with E-state index in [-0.39, 0.29) is 0 Å². The number of nitrogens with zero attached hydrogens (tertiary/aromatic N) is 1. The Labute approximate surface area is 88.2 Å². The van der Waals surface area contributed by atoms with E-state index in [2.05, 4.69) is 17.2 Å². The van der Waals surface area contributed by atoms with Gasteiger partial charge in [0.25, 0.3) is 0 Å². The van der Waals surface area contributed by atoms with Gasteiger partial charge in [0.05, 0.1) is 5.01 Å². The van der Waals surface area contributed by atoms with Crippen LogP contribution < -0.4 is 5.32 Å². The van der Waals surface area contributed by atoms with Crippen LogP contribution in [0.2, 0.25) is 0 Å². The van der Waals surface area contributed by atoms with Crippen LogP contribution in [0, 0.1) is 6.92 Å². The minimum Gasteiger partial charge on any atom is -0.311 e. The zero-order valence-electron chi connectivity index (χ0n) is 8.17. The lowest BCUT2D eigenvalue weighted by molar-refractivity contribution is 0.740. The van der Waals surface area contributed by atoms with Gasteiger partial charge in [-0.3, -0.25) is 0 Å². The smallest absolute Gasteiger partial charge is 0.0897 e. The second-order valence-corrected chi connectivity index (χ2v) is 5.43. The van der Waals surface area contributed by atoms with E-state index in [1.165, 1.54) is 16.4 Å². The highest BCUT2D eigenvalue weighted by molar-refractivity contribution is 7.99. The number of rotatable bonds is 6. The van der Waals surface area contributed by atoms with Gasteiger partial charge in [-0.15, -0.1) is 11.3 Å². The maximum atomic E-state index is 4.20. The first kappa shape index (κ1) is 11.0. The van der Waals surface area contributed by atoms with Gasteiger partial charge >= 0.3 is 0 Å². The fourth-order valence-corrected chi connectivity index (χ4v) is 2.33. The molecule has 0 fully saturated rings. The normalized spacial score (nSPS) is 10.6. The summed E-state index contributed by atoms with van der Waals surface area (Å²) in [5, 5.41) is 4.55. The van der Waals surface area contributed by atoms with Crippen LogP contribution >= 0.6 is 23.1 Å². The van der Waals surface area contributed by atoms with Crippen LogP contribution in [0.3, 0.4) is 0 Å². The summed E-state index contributed by atoms with van der Waals surface area (Å²) in [6.07, 6.45) is 1.96. The van der Waals surface area contributed by atoms with Crippen LogP contribution in [0.25, 0.3) is 0 Å². The quantitative estimate of drug-likeness (QED) is 0.739. The van der Waals surface area contributed by atoms with Crippen LogP contribution in [0.5, 0.6) is 0 Å². The zero-order chi connectivity index (χ0) is 9.52. The zero-order valence-corrected chi connectivity index (χ0v) is 9.80. The predicted octanol–water partition coefficient (Wildman–Crippen LogP) is 2.29. The van der Waals surface area contributed by atoms with Gasteiger partial charge < -0.3 is 5.32 Å². The minimum absolute atomic E-state index is 0.968. The first-order valence-corrected chi connectivity index (χ1v) is 6.50. The standard InChI is InChI=1S/C9H16N2S2/c1-3-12-5-4-10-6-9-7-11-8(2)13-9/h7,10H,3-6H2,1-2H3. The highest BCUT2D eigenvalue weighted by atomic mass is 32.2. The minimum atomic E-state index is 0.968. The second kappa shape index (κ2) is 6.40. The molecule has 74 valence electrons. The summed E-state index contributed by atoms with van der Waals surface area (Å²) in [5.41, 5.74) is 0. The van der Waals surface area contributed by atoms with Crippen molar-refractivity contribution in [2.24, 2.45) is 0 Å². The number of nitrogens with one attached hydrogen (secondary N) is 1. The van der Waals surface area contributed by atoms with Crippen LogP contribution in [0.1, 0.15) is 16.8 Å². The first-order chi connectivity index (χ1) is 6.33. The average molecular weight is 216 g/mol. The molecule has 1 N–H and O–H groups in total. The molecule has 13 heavy (non-hydrogen) atoms. The van der Waals surface area contributed by atoms with Gasteiger partial charge in [0.2, 0.25) is 0 Å². The lowest BCUT2D eigenvalue weighted by Gasteiger charge is -2.00. The van der Waals surface area contributed by atoms with Crippen LogP contribution in [-0.2, 0) is 6.54 Å². The molecule has 2 nitrogen and oxygen atoms in total. The van der Waals surface area contributed by atoms with Gasteiger partial charge in [-0.05, 0) is 12.7 Å². The van der Waals surface area contributed by atoms with Crippen molar-refractivity contribution in [3.8, 4) is 0 Å². The molecule has 1 heterocycles. The first-order valence-electron chi connectivity index (χ1n) is 4.52. The Bertz CT molecular complexity index is 235. The lowest BCUT2D eigenvalue weighted by Crippen LogP contribution is -2.15. The molecule has 0 amide bonds. The Morgan fingerprint density at radius 2 is 2.46 bits per heavy atom. The molecule has 0 radical (unpaired) electrons. The molecular formula is C9H16N2S2.